The van der Waals surface area contributed by atoms with Crippen LogP contribution in [-0.4, -0.2) is 20.2 Å². The van der Waals surface area contributed by atoms with E-state index < -0.39 is 35.4 Å². The molecule has 2 aromatic rings. The standard InChI is InChI=1S/C16H16F2N2O4/c1-2-5-20-15(23)11(8-19(16(20)24)9-14(21)22)6-10-3-4-12(17)13(18)7-10/h3-4,7-8H,2,5-6,9H2,1H3,(H,21,22). The highest BCUT2D eigenvalue weighted by molar-refractivity contribution is 5.66. The third-order valence-electron chi connectivity index (χ3n) is 3.44. The smallest absolute Gasteiger partial charge is 0.331 e. The lowest BCUT2D eigenvalue weighted by atomic mass is 10.1. The molecule has 0 saturated heterocycles. The monoisotopic (exact) mass is 338 g/mol. The van der Waals surface area contributed by atoms with E-state index in [-0.39, 0.29) is 18.5 Å². The number of rotatable bonds is 6. The Labute approximate surface area is 135 Å². The van der Waals surface area contributed by atoms with Gasteiger partial charge in [-0.3, -0.25) is 18.7 Å². The molecule has 0 aliphatic heterocycles. The molecule has 0 fully saturated rings. The van der Waals surface area contributed by atoms with Crippen molar-refractivity contribution in [3.05, 3.63) is 68.0 Å². The van der Waals surface area contributed by atoms with E-state index in [0.29, 0.717) is 12.0 Å². The highest BCUT2D eigenvalue weighted by Crippen LogP contribution is 2.11. The maximum absolute atomic E-state index is 13.3. The minimum atomic E-state index is -1.22. The highest BCUT2D eigenvalue weighted by atomic mass is 19.2. The van der Waals surface area contributed by atoms with Crippen LogP contribution in [0.25, 0.3) is 0 Å². The van der Waals surface area contributed by atoms with Gasteiger partial charge >= 0.3 is 11.7 Å². The molecule has 2 rings (SSSR count). The van der Waals surface area contributed by atoms with Crippen LogP contribution in [0.2, 0.25) is 0 Å². The minimum absolute atomic E-state index is 0.0420. The van der Waals surface area contributed by atoms with E-state index in [9.17, 15) is 23.2 Å². The molecule has 0 spiro atoms. The number of carbonyl (C=O) groups is 1. The lowest BCUT2D eigenvalue weighted by Gasteiger charge is -2.11. The zero-order chi connectivity index (χ0) is 17.9. The van der Waals surface area contributed by atoms with Crippen molar-refractivity contribution in [3.8, 4) is 0 Å². The largest absolute Gasteiger partial charge is 0.480 e. The van der Waals surface area contributed by atoms with E-state index in [0.717, 1.165) is 27.5 Å². The second kappa shape index (κ2) is 7.20. The predicted octanol–water partition coefficient (Wildman–Crippen LogP) is 1.37. The van der Waals surface area contributed by atoms with Crippen molar-refractivity contribution in [2.75, 3.05) is 0 Å². The number of carboxylic acids is 1. The molecule has 0 unspecified atom stereocenters. The SMILES string of the molecule is CCCn1c(=O)c(Cc2ccc(F)c(F)c2)cn(CC(=O)O)c1=O. The molecule has 24 heavy (non-hydrogen) atoms. The minimum Gasteiger partial charge on any atom is -0.480 e. The summed E-state index contributed by atoms with van der Waals surface area (Å²) in [5.74, 6) is -3.27. The van der Waals surface area contributed by atoms with Gasteiger partial charge in [0, 0.05) is 24.7 Å². The van der Waals surface area contributed by atoms with Gasteiger partial charge in [0.15, 0.2) is 11.6 Å². The number of aliphatic carboxylic acids is 1. The molecule has 0 amide bonds. The van der Waals surface area contributed by atoms with Gasteiger partial charge in [-0.25, -0.2) is 13.6 Å². The molecular weight excluding hydrogens is 322 g/mol. The van der Waals surface area contributed by atoms with Crippen LogP contribution in [0.5, 0.6) is 0 Å². The Kier molecular flexibility index (Phi) is 5.28. The first kappa shape index (κ1) is 17.6. The second-order valence-corrected chi connectivity index (χ2v) is 5.34. The fourth-order valence-corrected chi connectivity index (χ4v) is 2.38. The molecule has 1 heterocycles. The Balaban J connectivity index is 2.53. The molecule has 0 bridgehead atoms. The van der Waals surface area contributed by atoms with Crippen LogP contribution in [-0.2, 0) is 24.3 Å². The molecule has 1 aromatic heterocycles. The summed E-state index contributed by atoms with van der Waals surface area (Å²) in [6, 6.07) is 3.24. The van der Waals surface area contributed by atoms with Crippen LogP contribution in [0.1, 0.15) is 24.5 Å². The molecule has 128 valence electrons. The fourth-order valence-electron chi connectivity index (χ4n) is 2.38. The van der Waals surface area contributed by atoms with Gasteiger partial charge in [-0.05, 0) is 24.1 Å². The maximum atomic E-state index is 13.3. The zero-order valence-electron chi connectivity index (χ0n) is 13.0. The van der Waals surface area contributed by atoms with Crippen LogP contribution in [0, 0.1) is 11.6 Å². The summed E-state index contributed by atoms with van der Waals surface area (Å²) in [5.41, 5.74) is -0.795. The van der Waals surface area contributed by atoms with Crippen LogP contribution in [0.15, 0.2) is 34.0 Å². The van der Waals surface area contributed by atoms with Crippen LogP contribution in [0.3, 0.4) is 0 Å². The van der Waals surface area contributed by atoms with E-state index >= 15 is 0 Å². The molecule has 6 nitrogen and oxygen atoms in total. The first-order chi connectivity index (χ1) is 11.3. The van der Waals surface area contributed by atoms with Gasteiger partial charge in [0.25, 0.3) is 5.56 Å². The van der Waals surface area contributed by atoms with Crippen LogP contribution >= 0.6 is 0 Å². The van der Waals surface area contributed by atoms with E-state index in [1.54, 1.807) is 6.92 Å². The summed E-state index contributed by atoms with van der Waals surface area (Å²) in [5, 5.41) is 8.89. The predicted molar refractivity (Wildman–Crippen MR) is 82.1 cm³/mol. The average molecular weight is 338 g/mol. The van der Waals surface area contributed by atoms with Crippen molar-refractivity contribution in [2.24, 2.45) is 0 Å². The van der Waals surface area contributed by atoms with Gasteiger partial charge in [-0.2, -0.15) is 0 Å². The Bertz CT molecular complexity index is 887. The molecule has 0 radical (unpaired) electrons. The normalized spacial score (nSPS) is 10.8. The van der Waals surface area contributed by atoms with Gasteiger partial charge < -0.3 is 5.11 Å². The topological polar surface area (TPSA) is 81.3 Å². The van der Waals surface area contributed by atoms with Gasteiger partial charge in [-0.1, -0.05) is 13.0 Å². The number of halogens is 2. The average Bonchev–Trinajstić information content (AvgIpc) is 2.51. The number of benzene rings is 1. The summed E-state index contributed by atoms with van der Waals surface area (Å²) < 4.78 is 28.2. The van der Waals surface area contributed by atoms with E-state index in [2.05, 4.69) is 0 Å². The molecule has 0 aliphatic rings. The third-order valence-corrected chi connectivity index (χ3v) is 3.44. The summed E-state index contributed by atoms with van der Waals surface area (Å²) in [7, 11) is 0. The zero-order valence-corrected chi connectivity index (χ0v) is 13.0. The van der Waals surface area contributed by atoms with Crippen molar-refractivity contribution >= 4 is 5.97 Å². The summed E-state index contributed by atoms with van der Waals surface area (Å²) >= 11 is 0. The lowest BCUT2D eigenvalue weighted by molar-refractivity contribution is -0.137. The Morgan fingerprint density at radius 1 is 1.21 bits per heavy atom. The van der Waals surface area contributed by atoms with Gasteiger partial charge in [0.2, 0.25) is 0 Å². The van der Waals surface area contributed by atoms with E-state index in [1.807, 2.05) is 0 Å². The van der Waals surface area contributed by atoms with Gasteiger partial charge in [0.1, 0.15) is 6.54 Å². The highest BCUT2D eigenvalue weighted by Gasteiger charge is 2.14. The third kappa shape index (κ3) is 3.76. The molecule has 0 aliphatic carbocycles. The summed E-state index contributed by atoms with van der Waals surface area (Å²) in [6.45, 7) is 1.33. The first-order valence-electron chi connectivity index (χ1n) is 7.32. The maximum Gasteiger partial charge on any atom is 0.331 e. The Morgan fingerprint density at radius 3 is 2.50 bits per heavy atom. The molecule has 1 N–H and O–H groups in total. The number of nitrogens with zero attached hydrogens (tertiary/aromatic N) is 2. The molecule has 0 atom stereocenters. The van der Waals surface area contributed by atoms with Gasteiger partial charge in [0.05, 0.1) is 0 Å². The second-order valence-electron chi connectivity index (χ2n) is 5.34. The van der Waals surface area contributed by atoms with Crippen molar-refractivity contribution in [1.29, 1.82) is 0 Å². The lowest BCUT2D eigenvalue weighted by Crippen LogP contribution is -2.42. The number of hydrogen-bond donors (Lipinski definition) is 1. The van der Waals surface area contributed by atoms with Crippen LogP contribution in [0.4, 0.5) is 8.78 Å². The van der Waals surface area contributed by atoms with Crippen molar-refractivity contribution in [2.45, 2.75) is 32.9 Å². The quantitative estimate of drug-likeness (QED) is 0.863. The Morgan fingerprint density at radius 2 is 1.92 bits per heavy atom. The molecule has 8 heteroatoms. The van der Waals surface area contributed by atoms with E-state index in [1.165, 1.54) is 6.07 Å². The summed E-state index contributed by atoms with van der Waals surface area (Å²) in [4.78, 5) is 35.5. The van der Waals surface area contributed by atoms with Crippen LogP contribution < -0.4 is 11.2 Å². The number of carboxylic acid groups (broad SMARTS) is 1. The number of hydrogen-bond acceptors (Lipinski definition) is 3. The van der Waals surface area contributed by atoms with Crippen molar-refractivity contribution < 1.29 is 18.7 Å². The van der Waals surface area contributed by atoms with Crippen molar-refractivity contribution in [1.82, 2.24) is 9.13 Å². The fraction of sp³-hybridized carbons (Fsp3) is 0.312. The molecular formula is C16H16F2N2O4. The number of aromatic nitrogens is 2. The summed E-state index contributed by atoms with van der Waals surface area (Å²) in [6.07, 6.45) is 1.63. The molecule has 0 saturated carbocycles. The Hall–Kier alpha value is -2.77. The molecule has 1 aromatic carbocycles. The van der Waals surface area contributed by atoms with Gasteiger partial charge in [-0.15, -0.1) is 0 Å². The van der Waals surface area contributed by atoms with Crippen molar-refractivity contribution in [3.63, 3.8) is 0 Å². The van der Waals surface area contributed by atoms with E-state index in [4.69, 9.17) is 5.11 Å². The first-order valence-corrected chi connectivity index (χ1v) is 7.32.